The molecule has 2 heterocycles. The lowest BCUT2D eigenvalue weighted by Gasteiger charge is -2.11. The summed E-state index contributed by atoms with van der Waals surface area (Å²) in [6.45, 7) is 0. The first kappa shape index (κ1) is 9.34. The molecule has 1 unspecified atom stereocenters. The van der Waals surface area contributed by atoms with E-state index in [0.717, 1.165) is 22.5 Å². The third kappa shape index (κ3) is 2.38. The van der Waals surface area contributed by atoms with Crippen LogP contribution in [-0.2, 0) is 0 Å². The van der Waals surface area contributed by atoms with Gasteiger partial charge in [-0.05, 0) is 40.2 Å². The Morgan fingerprint density at radius 1 is 1.62 bits per heavy atom. The lowest BCUT2D eigenvalue weighted by atomic mass is 10.3. The lowest BCUT2D eigenvalue weighted by molar-refractivity contribution is 0.218. The molecule has 0 aliphatic carbocycles. The number of hydrogen-bond acceptors (Lipinski definition) is 3. The van der Waals surface area contributed by atoms with Crippen LogP contribution in [0.4, 0.5) is 0 Å². The first-order valence-corrected chi connectivity index (χ1v) is 6.16. The fourth-order valence-corrected chi connectivity index (χ4v) is 2.66. The van der Waals surface area contributed by atoms with Crippen molar-refractivity contribution in [1.82, 2.24) is 4.98 Å². The summed E-state index contributed by atoms with van der Waals surface area (Å²) in [6.07, 6.45) is 3.23. The first-order valence-electron chi connectivity index (χ1n) is 4.21. The molecule has 4 heteroatoms. The molecule has 1 atom stereocenters. The molecule has 2 nitrogen and oxygen atoms in total. The van der Waals surface area contributed by atoms with E-state index in [2.05, 4.69) is 20.9 Å². The van der Waals surface area contributed by atoms with Crippen LogP contribution in [0.2, 0.25) is 0 Å². The smallest absolute Gasteiger partial charge is 0.228 e. The Balaban J connectivity index is 2.04. The second-order valence-electron chi connectivity index (χ2n) is 2.89. The second kappa shape index (κ2) is 4.33. The Morgan fingerprint density at radius 3 is 3.23 bits per heavy atom. The molecule has 1 aromatic heterocycles. The van der Waals surface area contributed by atoms with Crippen LogP contribution in [0.15, 0.2) is 22.8 Å². The van der Waals surface area contributed by atoms with Crippen LogP contribution in [0.5, 0.6) is 5.88 Å². The zero-order valence-corrected chi connectivity index (χ0v) is 9.47. The van der Waals surface area contributed by atoms with E-state index < -0.39 is 0 Å². The molecule has 0 bridgehead atoms. The molecule has 1 fully saturated rings. The minimum absolute atomic E-state index is 0.344. The quantitative estimate of drug-likeness (QED) is 0.816. The summed E-state index contributed by atoms with van der Waals surface area (Å²) in [4.78, 5) is 4.16. The van der Waals surface area contributed by atoms with E-state index in [1.54, 1.807) is 6.20 Å². The van der Waals surface area contributed by atoms with Crippen molar-refractivity contribution in [1.29, 1.82) is 0 Å². The third-order valence-electron chi connectivity index (χ3n) is 1.89. The van der Waals surface area contributed by atoms with Gasteiger partial charge >= 0.3 is 0 Å². The van der Waals surface area contributed by atoms with Crippen molar-refractivity contribution >= 4 is 27.7 Å². The highest BCUT2D eigenvalue weighted by Crippen LogP contribution is 2.26. The molecule has 13 heavy (non-hydrogen) atoms. The van der Waals surface area contributed by atoms with Gasteiger partial charge in [-0.2, -0.15) is 11.8 Å². The molecule has 0 amide bonds. The maximum atomic E-state index is 5.73. The van der Waals surface area contributed by atoms with Gasteiger partial charge in [0.2, 0.25) is 5.88 Å². The normalized spacial score (nSPS) is 21.8. The number of hydrogen-bond donors (Lipinski definition) is 0. The van der Waals surface area contributed by atoms with Crippen molar-refractivity contribution < 1.29 is 4.74 Å². The molecule has 0 spiro atoms. The van der Waals surface area contributed by atoms with Gasteiger partial charge in [-0.1, -0.05) is 0 Å². The van der Waals surface area contributed by atoms with Gasteiger partial charge in [-0.3, -0.25) is 0 Å². The Hall–Kier alpha value is -0.220. The average molecular weight is 260 g/mol. The third-order valence-corrected chi connectivity index (χ3v) is 3.63. The molecular formula is C9H10BrNOS. The largest absolute Gasteiger partial charge is 0.473 e. The molecule has 1 saturated heterocycles. The van der Waals surface area contributed by atoms with Gasteiger partial charge in [0.1, 0.15) is 6.10 Å². The van der Waals surface area contributed by atoms with Gasteiger partial charge in [-0.15, -0.1) is 0 Å². The van der Waals surface area contributed by atoms with Crippen molar-refractivity contribution in [3.05, 3.63) is 22.8 Å². The highest BCUT2D eigenvalue weighted by molar-refractivity contribution is 9.10. The summed E-state index contributed by atoms with van der Waals surface area (Å²) in [5.74, 6) is 3.01. The van der Waals surface area contributed by atoms with Crippen LogP contribution in [0.25, 0.3) is 0 Å². The number of pyridine rings is 1. The van der Waals surface area contributed by atoms with Crippen LogP contribution in [0, 0.1) is 0 Å². The Kier molecular flexibility index (Phi) is 3.11. The topological polar surface area (TPSA) is 22.1 Å². The number of aromatic nitrogens is 1. The summed E-state index contributed by atoms with van der Waals surface area (Å²) in [5, 5.41) is 0. The fraction of sp³-hybridized carbons (Fsp3) is 0.444. The molecule has 70 valence electrons. The summed E-state index contributed by atoms with van der Waals surface area (Å²) in [6, 6.07) is 3.84. The average Bonchev–Trinajstić information content (AvgIpc) is 2.61. The standard InChI is InChI=1S/C9H10BrNOS/c10-8-2-1-4-11-9(8)12-7-3-5-13-6-7/h1-2,4,7H,3,5-6H2. The van der Waals surface area contributed by atoms with E-state index in [1.807, 2.05) is 23.9 Å². The van der Waals surface area contributed by atoms with E-state index in [9.17, 15) is 0 Å². The van der Waals surface area contributed by atoms with Crippen LogP contribution in [-0.4, -0.2) is 22.6 Å². The predicted octanol–water partition coefficient (Wildman–Crippen LogP) is 2.73. The van der Waals surface area contributed by atoms with E-state index in [1.165, 1.54) is 5.75 Å². The van der Waals surface area contributed by atoms with Gasteiger partial charge in [0, 0.05) is 11.9 Å². The molecule has 0 aromatic carbocycles. The molecule has 0 saturated carbocycles. The summed E-state index contributed by atoms with van der Waals surface area (Å²) >= 11 is 5.35. The number of thioether (sulfide) groups is 1. The van der Waals surface area contributed by atoms with Crippen molar-refractivity contribution in [3.8, 4) is 5.88 Å². The zero-order valence-electron chi connectivity index (χ0n) is 7.07. The fourth-order valence-electron chi connectivity index (χ4n) is 1.22. The van der Waals surface area contributed by atoms with Gasteiger partial charge < -0.3 is 4.74 Å². The van der Waals surface area contributed by atoms with Crippen molar-refractivity contribution in [2.45, 2.75) is 12.5 Å². The maximum absolute atomic E-state index is 5.73. The molecule has 2 rings (SSSR count). The minimum Gasteiger partial charge on any atom is -0.473 e. The van der Waals surface area contributed by atoms with Crippen LogP contribution < -0.4 is 4.74 Å². The highest BCUT2D eigenvalue weighted by atomic mass is 79.9. The molecule has 1 aromatic rings. The number of halogens is 1. The van der Waals surface area contributed by atoms with Crippen LogP contribution in [0.1, 0.15) is 6.42 Å². The SMILES string of the molecule is Brc1cccnc1OC1CCSC1. The first-order chi connectivity index (χ1) is 6.36. The second-order valence-corrected chi connectivity index (χ2v) is 4.90. The van der Waals surface area contributed by atoms with Gasteiger partial charge in [0.25, 0.3) is 0 Å². The Labute approximate surface area is 90.2 Å². The molecule has 1 aliphatic rings. The highest BCUT2D eigenvalue weighted by Gasteiger charge is 2.18. The maximum Gasteiger partial charge on any atom is 0.228 e. The van der Waals surface area contributed by atoms with E-state index in [4.69, 9.17) is 4.74 Å². The molecule has 1 aliphatic heterocycles. The Morgan fingerprint density at radius 2 is 2.54 bits per heavy atom. The number of rotatable bonds is 2. The molecule has 0 radical (unpaired) electrons. The van der Waals surface area contributed by atoms with E-state index >= 15 is 0 Å². The predicted molar refractivity (Wildman–Crippen MR) is 58.3 cm³/mol. The number of nitrogens with zero attached hydrogens (tertiary/aromatic N) is 1. The van der Waals surface area contributed by atoms with Crippen LogP contribution in [0.3, 0.4) is 0 Å². The lowest BCUT2D eigenvalue weighted by Crippen LogP contribution is -2.15. The monoisotopic (exact) mass is 259 g/mol. The van der Waals surface area contributed by atoms with Gasteiger partial charge in [0.05, 0.1) is 4.47 Å². The molecular weight excluding hydrogens is 250 g/mol. The van der Waals surface area contributed by atoms with Crippen molar-refractivity contribution in [2.75, 3.05) is 11.5 Å². The van der Waals surface area contributed by atoms with Crippen molar-refractivity contribution in [3.63, 3.8) is 0 Å². The molecule has 0 N–H and O–H groups in total. The zero-order chi connectivity index (χ0) is 9.10. The number of ether oxygens (including phenoxy) is 1. The summed E-state index contributed by atoms with van der Waals surface area (Å²) < 4.78 is 6.66. The van der Waals surface area contributed by atoms with Crippen molar-refractivity contribution in [2.24, 2.45) is 0 Å². The summed E-state index contributed by atoms with van der Waals surface area (Å²) in [5.41, 5.74) is 0. The Bertz CT molecular complexity index is 289. The minimum atomic E-state index is 0.344. The summed E-state index contributed by atoms with van der Waals surface area (Å²) in [7, 11) is 0. The van der Waals surface area contributed by atoms with E-state index in [-0.39, 0.29) is 0 Å². The van der Waals surface area contributed by atoms with Crippen LogP contribution >= 0.6 is 27.7 Å². The van der Waals surface area contributed by atoms with Gasteiger partial charge in [0.15, 0.2) is 0 Å². The van der Waals surface area contributed by atoms with E-state index in [0.29, 0.717) is 6.10 Å². The van der Waals surface area contributed by atoms with Gasteiger partial charge in [-0.25, -0.2) is 4.98 Å².